The van der Waals surface area contributed by atoms with Crippen molar-refractivity contribution in [2.24, 2.45) is 5.73 Å². The van der Waals surface area contributed by atoms with Crippen molar-refractivity contribution in [3.8, 4) is 0 Å². The fourth-order valence-corrected chi connectivity index (χ4v) is 1.76. The minimum Gasteiger partial charge on any atom is -0.366 e. The van der Waals surface area contributed by atoms with Crippen molar-refractivity contribution in [2.75, 3.05) is 0 Å². The second-order valence-corrected chi connectivity index (χ2v) is 3.15. The average Bonchev–Trinajstić information content (AvgIpc) is 2.53. The normalized spacial score (nSPS) is 14.2. The molecular weight excluding hydrogens is 168 g/mol. The average molecular weight is 178 g/mol. The van der Waals surface area contributed by atoms with Crippen LogP contribution in [0.2, 0.25) is 0 Å². The molecule has 1 amide bonds. The van der Waals surface area contributed by atoms with Gasteiger partial charge in [-0.2, -0.15) is 0 Å². The molecule has 68 valence electrons. The number of pyridine rings is 1. The van der Waals surface area contributed by atoms with E-state index in [1.807, 2.05) is 0 Å². The molecular formula is C9H10N2O2. The molecule has 1 aromatic rings. The molecule has 2 N–H and O–H groups in total. The summed E-state index contributed by atoms with van der Waals surface area (Å²) < 4.78 is 1.63. The van der Waals surface area contributed by atoms with Gasteiger partial charge in [0.2, 0.25) is 5.91 Å². The molecule has 0 aromatic carbocycles. The van der Waals surface area contributed by atoms with Gasteiger partial charge in [-0.3, -0.25) is 9.59 Å². The third kappa shape index (κ3) is 1.14. The van der Waals surface area contributed by atoms with Gasteiger partial charge in [-0.25, -0.2) is 0 Å². The molecule has 1 aliphatic heterocycles. The number of hydrogen-bond donors (Lipinski definition) is 1. The summed E-state index contributed by atoms with van der Waals surface area (Å²) >= 11 is 0. The first-order valence-electron chi connectivity index (χ1n) is 4.22. The highest BCUT2D eigenvalue weighted by atomic mass is 16.1. The lowest BCUT2D eigenvalue weighted by Gasteiger charge is -2.05. The van der Waals surface area contributed by atoms with Crippen LogP contribution in [0.1, 0.15) is 22.5 Å². The van der Waals surface area contributed by atoms with Gasteiger partial charge in [0.1, 0.15) is 0 Å². The number of amides is 1. The molecule has 1 aromatic heterocycles. The van der Waals surface area contributed by atoms with E-state index in [9.17, 15) is 9.59 Å². The molecule has 0 unspecified atom stereocenters. The van der Waals surface area contributed by atoms with E-state index in [2.05, 4.69) is 0 Å². The van der Waals surface area contributed by atoms with Crippen molar-refractivity contribution >= 4 is 5.91 Å². The Morgan fingerprint density at radius 2 is 2.23 bits per heavy atom. The molecule has 0 saturated heterocycles. The molecule has 2 heterocycles. The largest absolute Gasteiger partial charge is 0.366 e. The molecule has 0 spiro atoms. The number of rotatable bonds is 1. The third-order valence-corrected chi connectivity index (χ3v) is 2.36. The van der Waals surface area contributed by atoms with E-state index in [-0.39, 0.29) is 5.56 Å². The monoisotopic (exact) mass is 178 g/mol. The zero-order valence-electron chi connectivity index (χ0n) is 7.12. The number of carbonyl (C=O) groups is 1. The fourth-order valence-electron chi connectivity index (χ4n) is 1.76. The number of primary amides is 1. The molecule has 1 aliphatic rings. The van der Waals surface area contributed by atoms with E-state index >= 15 is 0 Å². The lowest BCUT2D eigenvalue weighted by molar-refractivity contribution is 0.0999. The van der Waals surface area contributed by atoms with Gasteiger partial charge >= 0.3 is 0 Å². The second kappa shape index (κ2) is 2.73. The molecule has 13 heavy (non-hydrogen) atoms. The van der Waals surface area contributed by atoms with Crippen molar-refractivity contribution in [1.29, 1.82) is 0 Å². The highest BCUT2D eigenvalue weighted by molar-refractivity contribution is 5.93. The summed E-state index contributed by atoms with van der Waals surface area (Å²) in [5.41, 5.74) is 6.41. The molecule has 0 radical (unpaired) electrons. The van der Waals surface area contributed by atoms with Gasteiger partial charge in [-0.15, -0.1) is 0 Å². The number of aromatic nitrogens is 1. The summed E-state index contributed by atoms with van der Waals surface area (Å²) in [6.45, 7) is 0.704. The minimum atomic E-state index is -0.453. The summed E-state index contributed by atoms with van der Waals surface area (Å²) in [5, 5.41) is 0. The highest BCUT2D eigenvalue weighted by Gasteiger charge is 2.17. The highest BCUT2D eigenvalue weighted by Crippen LogP contribution is 2.15. The van der Waals surface area contributed by atoms with Crippen molar-refractivity contribution in [1.82, 2.24) is 4.57 Å². The summed E-state index contributed by atoms with van der Waals surface area (Å²) in [6.07, 6.45) is 1.69. The Hall–Kier alpha value is -1.58. The van der Waals surface area contributed by atoms with Crippen LogP contribution in [0.3, 0.4) is 0 Å². The lowest BCUT2D eigenvalue weighted by atomic mass is 10.1. The first kappa shape index (κ1) is 8.04. The van der Waals surface area contributed by atoms with Crippen LogP contribution in [0.25, 0.3) is 0 Å². The summed E-state index contributed by atoms with van der Waals surface area (Å²) in [7, 11) is 0. The summed E-state index contributed by atoms with van der Waals surface area (Å²) in [4.78, 5) is 22.3. The van der Waals surface area contributed by atoms with Crippen molar-refractivity contribution < 1.29 is 4.79 Å². The van der Waals surface area contributed by atoms with Crippen LogP contribution in [0.5, 0.6) is 0 Å². The molecule has 0 saturated carbocycles. The Morgan fingerprint density at radius 3 is 2.92 bits per heavy atom. The van der Waals surface area contributed by atoms with E-state index in [0.29, 0.717) is 12.1 Å². The zero-order valence-corrected chi connectivity index (χ0v) is 7.12. The maximum absolute atomic E-state index is 11.3. The molecule has 0 aliphatic carbocycles. The van der Waals surface area contributed by atoms with Gasteiger partial charge in [-0.1, -0.05) is 0 Å². The van der Waals surface area contributed by atoms with E-state index in [1.54, 1.807) is 4.57 Å². The smallest absolute Gasteiger partial charge is 0.250 e. The molecule has 2 rings (SSSR count). The number of hydrogen-bond acceptors (Lipinski definition) is 2. The van der Waals surface area contributed by atoms with Gasteiger partial charge in [-0.05, 0) is 18.9 Å². The maximum Gasteiger partial charge on any atom is 0.250 e. The molecule has 4 heteroatoms. The van der Waals surface area contributed by atoms with Gasteiger partial charge in [0, 0.05) is 18.3 Å². The van der Waals surface area contributed by atoms with Crippen LogP contribution in [0.4, 0.5) is 0 Å². The lowest BCUT2D eigenvalue weighted by Crippen LogP contribution is -2.23. The van der Waals surface area contributed by atoms with Crippen LogP contribution in [-0.2, 0) is 13.0 Å². The Morgan fingerprint density at radius 1 is 1.46 bits per heavy atom. The fraction of sp³-hybridized carbons (Fsp3) is 0.333. The van der Waals surface area contributed by atoms with E-state index < -0.39 is 5.91 Å². The number of nitrogens with two attached hydrogens (primary N) is 1. The molecule has 4 nitrogen and oxygen atoms in total. The van der Waals surface area contributed by atoms with Gasteiger partial charge in [0.25, 0.3) is 5.56 Å². The van der Waals surface area contributed by atoms with E-state index in [0.717, 1.165) is 18.5 Å². The first-order chi connectivity index (χ1) is 6.20. The van der Waals surface area contributed by atoms with Crippen molar-refractivity contribution in [3.63, 3.8) is 0 Å². The third-order valence-electron chi connectivity index (χ3n) is 2.36. The molecule has 0 fully saturated rings. The number of carbonyl (C=O) groups excluding carboxylic acids is 1. The van der Waals surface area contributed by atoms with Crippen LogP contribution >= 0.6 is 0 Å². The first-order valence-corrected chi connectivity index (χ1v) is 4.22. The Balaban J connectivity index is 2.69. The predicted molar refractivity (Wildman–Crippen MR) is 47.5 cm³/mol. The van der Waals surface area contributed by atoms with Crippen LogP contribution in [0, 0.1) is 0 Å². The van der Waals surface area contributed by atoms with Gasteiger partial charge in [0.15, 0.2) is 0 Å². The Bertz CT molecular complexity index is 420. The topological polar surface area (TPSA) is 65.1 Å². The van der Waals surface area contributed by atoms with Crippen molar-refractivity contribution in [3.05, 3.63) is 33.7 Å². The number of nitrogens with zero attached hydrogens (tertiary/aromatic N) is 1. The van der Waals surface area contributed by atoms with Gasteiger partial charge in [0.05, 0.1) is 5.56 Å². The maximum atomic E-state index is 11.3. The predicted octanol–water partition coefficient (Wildman–Crippen LogP) is -0.107. The Kier molecular flexibility index (Phi) is 1.69. The zero-order chi connectivity index (χ0) is 9.42. The van der Waals surface area contributed by atoms with E-state index in [1.165, 1.54) is 12.1 Å². The van der Waals surface area contributed by atoms with Gasteiger partial charge < -0.3 is 10.3 Å². The van der Waals surface area contributed by atoms with Crippen LogP contribution in [0.15, 0.2) is 16.9 Å². The Labute approximate surface area is 75.0 Å². The molecule has 0 atom stereocenters. The quantitative estimate of drug-likeness (QED) is 0.652. The summed E-state index contributed by atoms with van der Waals surface area (Å²) in [5.74, 6) is -0.453. The summed E-state index contributed by atoms with van der Waals surface area (Å²) in [6, 6.07) is 2.91. The SMILES string of the molecule is NC(=O)c1ccc(=O)n2c1CCC2. The van der Waals surface area contributed by atoms with Crippen LogP contribution in [-0.4, -0.2) is 10.5 Å². The standard InChI is InChI=1S/C9H10N2O2/c10-9(13)6-3-4-8(12)11-5-1-2-7(6)11/h3-4H,1-2,5H2,(H2,10,13). The van der Waals surface area contributed by atoms with E-state index in [4.69, 9.17) is 5.73 Å². The van der Waals surface area contributed by atoms with Crippen LogP contribution < -0.4 is 11.3 Å². The minimum absolute atomic E-state index is 0.0440. The van der Waals surface area contributed by atoms with Crippen molar-refractivity contribution in [2.45, 2.75) is 19.4 Å². The molecule has 0 bridgehead atoms. The second-order valence-electron chi connectivity index (χ2n) is 3.15. The number of fused-ring (bicyclic) bond motifs is 1.